The van der Waals surface area contributed by atoms with Gasteiger partial charge in [0.25, 0.3) is 5.91 Å². The maximum Gasteiger partial charge on any atom is 0.410 e. The highest BCUT2D eigenvalue weighted by atomic mass is 16.6. The molecule has 38 heavy (non-hydrogen) atoms. The van der Waals surface area contributed by atoms with Crippen LogP contribution in [0.5, 0.6) is 0 Å². The van der Waals surface area contributed by atoms with E-state index in [2.05, 4.69) is 20.6 Å². The smallest absolute Gasteiger partial charge is 0.410 e. The number of nitrogens with zero attached hydrogens (tertiary/aromatic N) is 4. The summed E-state index contributed by atoms with van der Waals surface area (Å²) < 4.78 is 5.10. The number of carbonyl (C=O) groups is 2. The first kappa shape index (κ1) is 25.7. The lowest BCUT2D eigenvalue weighted by Gasteiger charge is -2.26. The van der Waals surface area contributed by atoms with Gasteiger partial charge in [-0.15, -0.1) is 0 Å². The summed E-state index contributed by atoms with van der Waals surface area (Å²) in [5, 5.41) is 6.53. The Morgan fingerprint density at radius 2 is 2.03 bits per heavy atom. The van der Waals surface area contributed by atoms with Crippen molar-refractivity contribution in [1.29, 1.82) is 0 Å². The highest BCUT2D eigenvalue weighted by Crippen LogP contribution is 2.36. The maximum absolute atomic E-state index is 13.0. The number of aromatic nitrogens is 1. The summed E-state index contributed by atoms with van der Waals surface area (Å²) in [6.07, 6.45) is 6.25. The van der Waals surface area contributed by atoms with Gasteiger partial charge >= 0.3 is 6.09 Å². The average molecular weight is 518 g/mol. The van der Waals surface area contributed by atoms with Gasteiger partial charge in [0.2, 0.25) is 0 Å². The first-order chi connectivity index (χ1) is 18.5. The van der Waals surface area contributed by atoms with Crippen LogP contribution in [-0.4, -0.2) is 78.6 Å². The molecule has 1 aromatic carbocycles. The van der Waals surface area contributed by atoms with Crippen LogP contribution in [0.2, 0.25) is 0 Å². The molecule has 5 rings (SSSR count). The molecule has 2 fully saturated rings. The number of guanidine groups is 1. The van der Waals surface area contributed by atoms with Crippen molar-refractivity contribution in [1.82, 2.24) is 20.1 Å². The van der Waals surface area contributed by atoms with E-state index in [1.807, 2.05) is 47.4 Å². The van der Waals surface area contributed by atoms with Crippen molar-refractivity contribution in [2.24, 2.45) is 16.1 Å². The molecule has 1 unspecified atom stereocenters. The molecule has 0 saturated carbocycles. The Morgan fingerprint density at radius 1 is 1.18 bits per heavy atom. The number of carbonyl (C=O) groups excluding carboxylic acids is 2. The summed E-state index contributed by atoms with van der Waals surface area (Å²) in [7, 11) is 0. The molecule has 10 nitrogen and oxygen atoms in total. The molecule has 2 aromatic rings. The lowest BCUT2D eigenvalue weighted by atomic mass is 9.86. The number of rotatable bonds is 5. The number of pyridine rings is 1. The Kier molecular flexibility index (Phi) is 7.59. The molecule has 200 valence electrons. The topological polar surface area (TPSA) is 125 Å². The van der Waals surface area contributed by atoms with Crippen LogP contribution in [0, 0.1) is 5.41 Å². The van der Waals surface area contributed by atoms with Crippen molar-refractivity contribution in [3.05, 3.63) is 59.8 Å². The second kappa shape index (κ2) is 11.2. The summed E-state index contributed by atoms with van der Waals surface area (Å²) in [6.45, 7) is 6.86. The van der Waals surface area contributed by atoms with Gasteiger partial charge in [0.1, 0.15) is 0 Å². The fourth-order valence-corrected chi connectivity index (χ4v) is 5.45. The summed E-state index contributed by atoms with van der Waals surface area (Å²) in [4.78, 5) is 37.6. The van der Waals surface area contributed by atoms with Crippen molar-refractivity contribution in [2.75, 3.05) is 51.2 Å². The monoisotopic (exact) mass is 517 g/mol. The molecule has 2 saturated heterocycles. The predicted octanol–water partition coefficient (Wildman–Crippen LogP) is 3.21. The molecule has 0 radical (unpaired) electrons. The van der Waals surface area contributed by atoms with Gasteiger partial charge in [0, 0.05) is 61.1 Å². The fourth-order valence-electron chi connectivity index (χ4n) is 5.45. The van der Waals surface area contributed by atoms with Crippen molar-refractivity contribution >= 4 is 35.0 Å². The highest BCUT2D eigenvalue weighted by molar-refractivity contribution is 5.97. The molecule has 2 amide bonds. The Balaban J connectivity index is 1.22. The number of hydrogen-bond donors (Lipinski definition) is 3. The number of nitrogens with two attached hydrogens (primary N) is 1. The second-order valence-corrected chi connectivity index (χ2v) is 10.1. The molecule has 1 spiro atoms. The minimum Gasteiger partial charge on any atom is -0.450 e. The Bertz CT molecular complexity index is 1240. The number of benzene rings is 1. The molecular formula is C28H35N7O3. The van der Waals surface area contributed by atoms with Crippen LogP contribution in [0.4, 0.5) is 16.3 Å². The normalized spacial score (nSPS) is 21.5. The number of aliphatic imine (C=N–C) groups is 1. The Labute approximate surface area is 222 Å². The van der Waals surface area contributed by atoms with E-state index in [0.717, 1.165) is 55.8 Å². The minimum absolute atomic E-state index is 0.0716. The summed E-state index contributed by atoms with van der Waals surface area (Å²) >= 11 is 0. The van der Waals surface area contributed by atoms with Gasteiger partial charge in [-0.1, -0.05) is 6.08 Å². The van der Waals surface area contributed by atoms with Gasteiger partial charge in [-0.2, -0.15) is 4.99 Å². The predicted molar refractivity (Wildman–Crippen MR) is 147 cm³/mol. The van der Waals surface area contributed by atoms with E-state index in [0.29, 0.717) is 37.5 Å². The van der Waals surface area contributed by atoms with E-state index in [1.54, 1.807) is 18.0 Å². The SMILES string of the molecule is CCOC(=O)N1CC=C(c2cccnc2N=C(N)Nc2ccc(C(=O)N3CCC4(CCNC4)C3)cc2)CC1. The third-order valence-corrected chi connectivity index (χ3v) is 7.56. The number of likely N-dealkylation sites (tertiary alicyclic amines) is 1. The third-order valence-electron chi connectivity index (χ3n) is 7.56. The van der Waals surface area contributed by atoms with Gasteiger partial charge in [0.15, 0.2) is 11.8 Å². The summed E-state index contributed by atoms with van der Waals surface area (Å²) in [5.74, 6) is 0.774. The molecule has 3 aliphatic heterocycles. The van der Waals surface area contributed by atoms with Crippen LogP contribution in [-0.2, 0) is 4.74 Å². The van der Waals surface area contributed by atoms with Crippen molar-refractivity contribution < 1.29 is 14.3 Å². The Morgan fingerprint density at radius 3 is 2.74 bits per heavy atom. The van der Waals surface area contributed by atoms with E-state index in [-0.39, 0.29) is 23.4 Å². The molecular weight excluding hydrogens is 482 g/mol. The van der Waals surface area contributed by atoms with Crippen LogP contribution in [0.1, 0.15) is 42.1 Å². The number of anilines is 1. The summed E-state index contributed by atoms with van der Waals surface area (Å²) in [6, 6.07) is 11.1. The largest absolute Gasteiger partial charge is 0.450 e. The van der Waals surface area contributed by atoms with E-state index in [4.69, 9.17) is 10.5 Å². The standard InChI is InChI=1S/C28H35N7O3/c1-2-38-27(37)34-15-9-20(10-16-34)23-4-3-13-31-24(23)33-26(29)32-22-7-5-21(6-8-22)25(36)35-17-12-28(19-35)11-14-30-18-28/h3-9,13,30H,2,10-12,14-19H2,1H3,(H3,29,31,32,33). The first-order valence-corrected chi connectivity index (χ1v) is 13.2. The molecule has 1 atom stereocenters. The third kappa shape index (κ3) is 5.65. The van der Waals surface area contributed by atoms with E-state index < -0.39 is 0 Å². The molecule has 4 N–H and O–H groups in total. The first-order valence-electron chi connectivity index (χ1n) is 13.2. The quantitative estimate of drug-likeness (QED) is 0.411. The van der Waals surface area contributed by atoms with Crippen molar-refractivity contribution in [2.45, 2.75) is 26.2 Å². The van der Waals surface area contributed by atoms with Gasteiger partial charge in [-0.25, -0.2) is 9.78 Å². The molecule has 3 aliphatic rings. The zero-order valence-electron chi connectivity index (χ0n) is 21.8. The van der Waals surface area contributed by atoms with E-state index in [9.17, 15) is 9.59 Å². The van der Waals surface area contributed by atoms with E-state index >= 15 is 0 Å². The van der Waals surface area contributed by atoms with Crippen LogP contribution < -0.4 is 16.4 Å². The average Bonchev–Trinajstić information content (AvgIpc) is 3.58. The number of amides is 2. The molecule has 1 aromatic heterocycles. The molecule has 4 heterocycles. The number of ether oxygens (including phenoxy) is 1. The van der Waals surface area contributed by atoms with Gasteiger partial charge in [-0.3, -0.25) is 4.79 Å². The lowest BCUT2D eigenvalue weighted by molar-refractivity contribution is 0.0775. The van der Waals surface area contributed by atoms with Crippen molar-refractivity contribution in [3.63, 3.8) is 0 Å². The Hall–Kier alpha value is -3.92. The number of hydrogen-bond acceptors (Lipinski definition) is 6. The molecule has 10 heteroatoms. The van der Waals surface area contributed by atoms with Crippen LogP contribution in [0.25, 0.3) is 5.57 Å². The second-order valence-electron chi connectivity index (χ2n) is 10.1. The van der Waals surface area contributed by atoms with Gasteiger partial charge in [-0.05, 0) is 74.7 Å². The van der Waals surface area contributed by atoms with Crippen LogP contribution in [0.15, 0.2) is 53.7 Å². The maximum atomic E-state index is 13.0. The van der Waals surface area contributed by atoms with E-state index in [1.165, 1.54) is 0 Å². The zero-order valence-corrected chi connectivity index (χ0v) is 21.8. The molecule has 0 bridgehead atoms. The van der Waals surface area contributed by atoms with Crippen molar-refractivity contribution in [3.8, 4) is 0 Å². The zero-order chi connectivity index (χ0) is 26.5. The fraction of sp³-hybridized carbons (Fsp3) is 0.429. The minimum atomic E-state index is -0.302. The highest BCUT2D eigenvalue weighted by Gasteiger charge is 2.41. The van der Waals surface area contributed by atoms with Gasteiger partial charge < -0.3 is 30.9 Å². The summed E-state index contributed by atoms with van der Waals surface area (Å²) in [5.41, 5.74) is 9.82. The van der Waals surface area contributed by atoms with Crippen LogP contribution >= 0.6 is 0 Å². The lowest BCUT2D eigenvalue weighted by Crippen LogP contribution is -2.35. The van der Waals surface area contributed by atoms with Gasteiger partial charge in [0.05, 0.1) is 6.61 Å². The molecule has 0 aliphatic carbocycles. The number of nitrogens with one attached hydrogen (secondary N) is 2. The van der Waals surface area contributed by atoms with Crippen LogP contribution in [0.3, 0.4) is 0 Å².